The van der Waals surface area contributed by atoms with Crippen molar-refractivity contribution in [3.8, 4) is 0 Å². The largest absolute Gasteiger partial charge is 0.329 e. The molecule has 1 saturated carbocycles. The van der Waals surface area contributed by atoms with Gasteiger partial charge in [-0.05, 0) is 25.7 Å². The molecule has 17 heavy (non-hydrogen) atoms. The molecule has 0 spiro atoms. The zero-order valence-electron chi connectivity index (χ0n) is 11.0. The van der Waals surface area contributed by atoms with Crippen molar-refractivity contribution in [2.24, 2.45) is 5.92 Å². The summed E-state index contributed by atoms with van der Waals surface area (Å²) >= 11 is 0. The predicted molar refractivity (Wildman–Crippen MR) is 69.0 cm³/mol. The van der Waals surface area contributed by atoms with E-state index in [2.05, 4.69) is 23.7 Å². The van der Waals surface area contributed by atoms with Crippen LogP contribution in [0.15, 0.2) is 0 Å². The van der Waals surface area contributed by atoms with Gasteiger partial charge in [-0.15, -0.1) is 0 Å². The molecule has 3 rings (SSSR count). The minimum atomic E-state index is 0.716. The molecule has 0 aromatic carbocycles. The van der Waals surface area contributed by atoms with E-state index in [1.165, 1.54) is 42.9 Å². The summed E-state index contributed by atoms with van der Waals surface area (Å²) in [7, 11) is 0. The van der Waals surface area contributed by atoms with Crippen LogP contribution < -0.4 is 5.32 Å². The molecule has 0 radical (unpaired) electrons. The molecule has 2 aliphatic rings. The maximum atomic E-state index is 4.75. The van der Waals surface area contributed by atoms with Crippen molar-refractivity contribution >= 4 is 0 Å². The van der Waals surface area contributed by atoms with Gasteiger partial charge >= 0.3 is 0 Å². The summed E-state index contributed by atoms with van der Waals surface area (Å²) in [6.45, 7) is 6.65. The second-order valence-corrected chi connectivity index (χ2v) is 5.77. The van der Waals surface area contributed by atoms with Crippen molar-refractivity contribution in [2.75, 3.05) is 6.54 Å². The van der Waals surface area contributed by atoms with Gasteiger partial charge in [0.2, 0.25) is 0 Å². The number of hydrogen-bond acceptors (Lipinski definition) is 2. The number of imidazole rings is 1. The molecule has 1 aromatic heterocycles. The number of hydrogen-bond donors (Lipinski definition) is 1. The Kier molecular flexibility index (Phi) is 2.95. The second kappa shape index (κ2) is 4.45. The van der Waals surface area contributed by atoms with Gasteiger partial charge in [-0.1, -0.05) is 19.8 Å². The van der Waals surface area contributed by atoms with Crippen LogP contribution in [-0.2, 0) is 13.0 Å². The molecule has 1 aliphatic carbocycles. The van der Waals surface area contributed by atoms with Crippen LogP contribution in [0.3, 0.4) is 0 Å². The van der Waals surface area contributed by atoms with Gasteiger partial charge in [-0.2, -0.15) is 0 Å². The lowest BCUT2D eigenvalue weighted by atomic mass is 9.86. The molecule has 0 saturated heterocycles. The highest BCUT2D eigenvalue weighted by Gasteiger charge is 2.26. The summed E-state index contributed by atoms with van der Waals surface area (Å²) in [5.74, 6) is 2.12. The fraction of sp³-hybridized carbons (Fsp3) is 0.786. The summed E-state index contributed by atoms with van der Waals surface area (Å²) in [5.41, 5.74) is 2.81. The Morgan fingerprint density at radius 1 is 1.35 bits per heavy atom. The summed E-state index contributed by atoms with van der Waals surface area (Å²) in [6, 6.07) is 0.716. The third kappa shape index (κ3) is 2.01. The van der Waals surface area contributed by atoms with Crippen LogP contribution in [0.4, 0.5) is 0 Å². The first-order valence-corrected chi connectivity index (χ1v) is 7.03. The SMILES string of the molecule is Cc1nc2c(n1C1CCCC(C)C1)CCNC2. The van der Waals surface area contributed by atoms with E-state index in [0.717, 1.165) is 25.4 Å². The van der Waals surface area contributed by atoms with E-state index in [1.807, 2.05) is 0 Å². The average Bonchev–Trinajstić information content (AvgIpc) is 2.64. The summed E-state index contributed by atoms with van der Waals surface area (Å²) < 4.78 is 2.56. The predicted octanol–water partition coefficient (Wildman–Crippen LogP) is 2.59. The van der Waals surface area contributed by atoms with E-state index in [4.69, 9.17) is 4.98 Å². The topological polar surface area (TPSA) is 29.9 Å². The molecule has 2 atom stereocenters. The van der Waals surface area contributed by atoms with Crippen LogP contribution >= 0.6 is 0 Å². The maximum Gasteiger partial charge on any atom is 0.106 e. The number of aromatic nitrogens is 2. The molecule has 3 nitrogen and oxygen atoms in total. The van der Waals surface area contributed by atoms with Crippen molar-refractivity contribution < 1.29 is 0 Å². The van der Waals surface area contributed by atoms with Gasteiger partial charge in [-0.25, -0.2) is 4.98 Å². The lowest BCUT2D eigenvalue weighted by Crippen LogP contribution is -2.27. The molecule has 1 N–H and O–H groups in total. The molecule has 0 bridgehead atoms. The normalized spacial score (nSPS) is 29.1. The Balaban J connectivity index is 1.93. The van der Waals surface area contributed by atoms with Crippen LogP contribution in [0.5, 0.6) is 0 Å². The number of fused-ring (bicyclic) bond motifs is 1. The number of nitrogens with one attached hydrogen (secondary N) is 1. The van der Waals surface area contributed by atoms with E-state index in [-0.39, 0.29) is 0 Å². The third-order valence-electron chi connectivity index (χ3n) is 4.37. The minimum absolute atomic E-state index is 0.716. The Labute approximate surface area is 104 Å². The summed E-state index contributed by atoms with van der Waals surface area (Å²) in [6.07, 6.45) is 6.64. The number of rotatable bonds is 1. The molecule has 1 aliphatic heterocycles. The van der Waals surface area contributed by atoms with Crippen molar-refractivity contribution in [1.82, 2.24) is 14.9 Å². The van der Waals surface area contributed by atoms with Gasteiger partial charge < -0.3 is 9.88 Å². The van der Waals surface area contributed by atoms with E-state index < -0.39 is 0 Å². The molecule has 2 unspecified atom stereocenters. The van der Waals surface area contributed by atoms with E-state index in [1.54, 1.807) is 0 Å². The highest BCUT2D eigenvalue weighted by molar-refractivity contribution is 5.21. The average molecular weight is 233 g/mol. The monoisotopic (exact) mass is 233 g/mol. The smallest absolute Gasteiger partial charge is 0.106 e. The Morgan fingerprint density at radius 3 is 3.06 bits per heavy atom. The van der Waals surface area contributed by atoms with Crippen LogP contribution in [0.25, 0.3) is 0 Å². The van der Waals surface area contributed by atoms with Crippen molar-refractivity contribution in [1.29, 1.82) is 0 Å². The van der Waals surface area contributed by atoms with E-state index in [9.17, 15) is 0 Å². The molecule has 1 fully saturated rings. The molecular formula is C14H23N3. The number of nitrogens with zero attached hydrogens (tertiary/aromatic N) is 2. The molecule has 1 aromatic rings. The number of aryl methyl sites for hydroxylation is 1. The van der Waals surface area contributed by atoms with Crippen LogP contribution in [0.2, 0.25) is 0 Å². The second-order valence-electron chi connectivity index (χ2n) is 5.77. The zero-order valence-corrected chi connectivity index (χ0v) is 11.0. The van der Waals surface area contributed by atoms with Crippen molar-refractivity contribution in [3.63, 3.8) is 0 Å². The van der Waals surface area contributed by atoms with Crippen LogP contribution in [0.1, 0.15) is 55.9 Å². The summed E-state index contributed by atoms with van der Waals surface area (Å²) in [4.78, 5) is 4.75. The van der Waals surface area contributed by atoms with Crippen LogP contribution in [-0.4, -0.2) is 16.1 Å². The van der Waals surface area contributed by atoms with E-state index >= 15 is 0 Å². The van der Waals surface area contributed by atoms with Gasteiger partial charge in [0.15, 0.2) is 0 Å². The van der Waals surface area contributed by atoms with E-state index in [0.29, 0.717) is 6.04 Å². The lowest BCUT2D eigenvalue weighted by molar-refractivity contribution is 0.274. The first-order valence-electron chi connectivity index (χ1n) is 7.03. The Bertz CT molecular complexity index is 408. The first-order chi connectivity index (χ1) is 8.25. The third-order valence-corrected chi connectivity index (χ3v) is 4.37. The Morgan fingerprint density at radius 2 is 2.24 bits per heavy atom. The molecule has 2 heterocycles. The lowest BCUT2D eigenvalue weighted by Gasteiger charge is -2.30. The van der Waals surface area contributed by atoms with Gasteiger partial charge in [0.1, 0.15) is 5.82 Å². The molecular weight excluding hydrogens is 210 g/mol. The van der Waals surface area contributed by atoms with Gasteiger partial charge in [0.05, 0.1) is 5.69 Å². The van der Waals surface area contributed by atoms with Gasteiger partial charge in [-0.3, -0.25) is 0 Å². The van der Waals surface area contributed by atoms with Crippen molar-refractivity contribution in [3.05, 3.63) is 17.2 Å². The highest BCUT2D eigenvalue weighted by Crippen LogP contribution is 2.35. The highest BCUT2D eigenvalue weighted by atomic mass is 15.1. The summed E-state index contributed by atoms with van der Waals surface area (Å²) in [5, 5.41) is 3.42. The molecule has 3 heteroatoms. The first kappa shape index (κ1) is 11.3. The fourth-order valence-corrected chi connectivity index (χ4v) is 3.59. The van der Waals surface area contributed by atoms with Gasteiger partial charge in [0.25, 0.3) is 0 Å². The quantitative estimate of drug-likeness (QED) is 0.808. The zero-order chi connectivity index (χ0) is 11.8. The van der Waals surface area contributed by atoms with Crippen molar-refractivity contribution in [2.45, 2.75) is 58.5 Å². The molecule has 0 amide bonds. The van der Waals surface area contributed by atoms with Crippen LogP contribution in [0, 0.1) is 12.8 Å². The molecule has 94 valence electrons. The standard InChI is InChI=1S/C14H23N3/c1-10-4-3-5-12(8-10)17-11(2)16-13-9-15-7-6-14(13)17/h10,12,15H,3-9H2,1-2H3. The minimum Gasteiger partial charge on any atom is -0.329 e. The maximum absolute atomic E-state index is 4.75. The Hall–Kier alpha value is -0.830. The van der Waals surface area contributed by atoms with Gasteiger partial charge in [0, 0.05) is 31.2 Å². The fourth-order valence-electron chi connectivity index (χ4n) is 3.59.